The van der Waals surface area contributed by atoms with Crippen LogP contribution in [-0.4, -0.2) is 5.78 Å². The maximum absolute atomic E-state index is 11.8. The molecule has 0 saturated heterocycles. The Hall–Kier alpha value is -0.590. The summed E-state index contributed by atoms with van der Waals surface area (Å²) in [5.74, 6) is 0.741. The molecule has 0 amide bonds. The molecule has 1 spiro atoms. The fraction of sp³-hybridized carbons (Fsp3) is 0.786. The molecule has 0 aromatic heterocycles. The fourth-order valence-electron chi connectivity index (χ4n) is 4.72. The SMILES string of the molecule is CC1(C)CCC[C@@]2(C)C=CC(=O)C3CC312. The van der Waals surface area contributed by atoms with Gasteiger partial charge in [-0.1, -0.05) is 33.3 Å². The van der Waals surface area contributed by atoms with Crippen LogP contribution in [0.4, 0.5) is 0 Å². The van der Waals surface area contributed by atoms with Gasteiger partial charge < -0.3 is 0 Å². The van der Waals surface area contributed by atoms with Crippen molar-refractivity contribution in [1.82, 2.24) is 0 Å². The molecule has 0 aliphatic heterocycles. The van der Waals surface area contributed by atoms with Crippen LogP contribution in [-0.2, 0) is 4.79 Å². The van der Waals surface area contributed by atoms with Gasteiger partial charge in [-0.2, -0.15) is 0 Å². The first-order valence-electron chi connectivity index (χ1n) is 6.16. The molecule has 0 heterocycles. The highest BCUT2D eigenvalue weighted by atomic mass is 16.1. The lowest BCUT2D eigenvalue weighted by Crippen LogP contribution is -2.46. The smallest absolute Gasteiger partial charge is 0.159 e. The minimum absolute atomic E-state index is 0.299. The predicted molar refractivity (Wildman–Crippen MR) is 60.4 cm³/mol. The molecule has 1 heteroatoms. The van der Waals surface area contributed by atoms with Crippen molar-refractivity contribution in [1.29, 1.82) is 0 Å². The molecule has 0 aromatic rings. The van der Waals surface area contributed by atoms with E-state index >= 15 is 0 Å². The summed E-state index contributed by atoms with van der Waals surface area (Å²) in [6, 6.07) is 0. The normalized spacial score (nSPS) is 50.9. The zero-order valence-electron chi connectivity index (χ0n) is 9.97. The summed E-state index contributed by atoms with van der Waals surface area (Å²) in [6.07, 6.45) is 9.10. The van der Waals surface area contributed by atoms with E-state index < -0.39 is 0 Å². The van der Waals surface area contributed by atoms with Crippen LogP contribution in [0.1, 0.15) is 46.5 Å². The Bertz CT molecular complexity index is 366. The molecular formula is C14H20O. The highest BCUT2D eigenvalue weighted by Crippen LogP contribution is 2.78. The van der Waals surface area contributed by atoms with Crippen LogP contribution in [0.5, 0.6) is 0 Å². The van der Waals surface area contributed by atoms with E-state index in [0.29, 0.717) is 27.9 Å². The molecule has 2 unspecified atom stereocenters. The maximum Gasteiger partial charge on any atom is 0.159 e. The van der Waals surface area contributed by atoms with Crippen LogP contribution in [0.3, 0.4) is 0 Å². The minimum Gasteiger partial charge on any atom is -0.295 e. The Morgan fingerprint density at radius 1 is 1.27 bits per heavy atom. The third-order valence-electron chi connectivity index (χ3n) is 5.64. The molecular weight excluding hydrogens is 184 g/mol. The van der Waals surface area contributed by atoms with Crippen molar-refractivity contribution >= 4 is 5.78 Å². The number of hydrogen-bond acceptors (Lipinski definition) is 1. The molecule has 0 bridgehead atoms. The van der Waals surface area contributed by atoms with Gasteiger partial charge in [0, 0.05) is 5.92 Å². The predicted octanol–water partition coefficient (Wildman–Crippen LogP) is 3.35. The Morgan fingerprint density at radius 3 is 2.73 bits per heavy atom. The van der Waals surface area contributed by atoms with Crippen molar-refractivity contribution in [3.05, 3.63) is 12.2 Å². The number of ketones is 1. The van der Waals surface area contributed by atoms with Gasteiger partial charge in [-0.3, -0.25) is 4.79 Å². The molecule has 0 aromatic carbocycles. The highest BCUT2D eigenvalue weighted by Gasteiger charge is 2.73. The second kappa shape index (κ2) is 2.39. The second-order valence-corrected chi connectivity index (χ2v) is 6.62. The first kappa shape index (κ1) is 9.62. The van der Waals surface area contributed by atoms with Gasteiger partial charge in [0.2, 0.25) is 0 Å². The van der Waals surface area contributed by atoms with Gasteiger partial charge >= 0.3 is 0 Å². The topological polar surface area (TPSA) is 17.1 Å². The van der Waals surface area contributed by atoms with Crippen molar-refractivity contribution in [3.8, 4) is 0 Å². The van der Waals surface area contributed by atoms with E-state index in [2.05, 4.69) is 26.8 Å². The molecule has 3 rings (SSSR count). The van der Waals surface area contributed by atoms with Crippen molar-refractivity contribution < 1.29 is 4.79 Å². The molecule has 3 aliphatic carbocycles. The molecule has 82 valence electrons. The zero-order chi connectivity index (χ0) is 10.9. The van der Waals surface area contributed by atoms with E-state index in [1.165, 1.54) is 19.3 Å². The van der Waals surface area contributed by atoms with Crippen molar-refractivity contribution in [3.63, 3.8) is 0 Å². The van der Waals surface area contributed by atoms with Gasteiger partial charge in [0.05, 0.1) is 0 Å². The lowest BCUT2D eigenvalue weighted by Gasteiger charge is -2.52. The third-order valence-corrected chi connectivity index (χ3v) is 5.64. The summed E-state index contributed by atoms with van der Waals surface area (Å²) < 4.78 is 0. The summed E-state index contributed by atoms with van der Waals surface area (Å²) >= 11 is 0. The van der Waals surface area contributed by atoms with Crippen LogP contribution in [0.15, 0.2) is 12.2 Å². The van der Waals surface area contributed by atoms with E-state index in [9.17, 15) is 4.79 Å². The molecule has 3 atom stereocenters. The number of carbonyl (C=O) groups is 1. The van der Waals surface area contributed by atoms with Gasteiger partial charge in [0.25, 0.3) is 0 Å². The molecule has 0 radical (unpaired) electrons. The number of hydrogen-bond donors (Lipinski definition) is 0. The zero-order valence-corrected chi connectivity index (χ0v) is 9.97. The summed E-state index contributed by atoms with van der Waals surface area (Å²) in [4.78, 5) is 11.8. The van der Waals surface area contributed by atoms with Crippen LogP contribution in [0.2, 0.25) is 0 Å². The number of carbonyl (C=O) groups excluding carboxylic acids is 1. The first-order chi connectivity index (χ1) is 6.93. The van der Waals surface area contributed by atoms with E-state index in [1.54, 1.807) is 0 Å². The first-order valence-corrected chi connectivity index (χ1v) is 6.16. The highest BCUT2D eigenvalue weighted by molar-refractivity contribution is 5.96. The fourth-order valence-corrected chi connectivity index (χ4v) is 4.72. The standard InChI is InChI=1S/C14H20O/c1-12(2)6-4-7-13(3)8-5-11(15)10-9-14(10,12)13/h5,8,10H,4,6-7,9H2,1-3H3/t10?,13-,14?/m0/s1. The van der Waals surface area contributed by atoms with Crippen molar-refractivity contribution in [2.24, 2.45) is 22.2 Å². The summed E-state index contributed by atoms with van der Waals surface area (Å²) in [5.41, 5.74) is 0.961. The quantitative estimate of drug-likeness (QED) is 0.591. The minimum atomic E-state index is 0.299. The van der Waals surface area contributed by atoms with E-state index in [0.717, 1.165) is 6.42 Å². The molecule has 2 fully saturated rings. The van der Waals surface area contributed by atoms with E-state index in [1.807, 2.05) is 6.08 Å². The number of allylic oxidation sites excluding steroid dienone is 2. The molecule has 1 nitrogen and oxygen atoms in total. The van der Waals surface area contributed by atoms with E-state index in [4.69, 9.17) is 0 Å². The van der Waals surface area contributed by atoms with Gasteiger partial charge in [0.1, 0.15) is 0 Å². The Morgan fingerprint density at radius 2 is 2.00 bits per heavy atom. The van der Waals surface area contributed by atoms with Gasteiger partial charge in [0.15, 0.2) is 5.78 Å². The van der Waals surface area contributed by atoms with Crippen LogP contribution in [0, 0.1) is 22.2 Å². The van der Waals surface area contributed by atoms with Crippen LogP contribution < -0.4 is 0 Å². The average Bonchev–Trinajstić information content (AvgIpc) is 2.88. The summed E-state index contributed by atoms with van der Waals surface area (Å²) in [5, 5.41) is 0. The van der Waals surface area contributed by atoms with Gasteiger partial charge in [-0.25, -0.2) is 0 Å². The largest absolute Gasteiger partial charge is 0.295 e. The van der Waals surface area contributed by atoms with Crippen LogP contribution in [0.25, 0.3) is 0 Å². The lowest BCUT2D eigenvalue weighted by molar-refractivity contribution is -0.120. The molecule has 0 N–H and O–H groups in total. The van der Waals surface area contributed by atoms with Crippen molar-refractivity contribution in [2.45, 2.75) is 46.5 Å². The Kier molecular flexibility index (Phi) is 1.53. The lowest BCUT2D eigenvalue weighted by atomic mass is 9.51. The summed E-state index contributed by atoms with van der Waals surface area (Å²) in [7, 11) is 0. The van der Waals surface area contributed by atoms with Crippen molar-refractivity contribution in [2.75, 3.05) is 0 Å². The van der Waals surface area contributed by atoms with Gasteiger partial charge in [-0.05, 0) is 41.6 Å². The molecule has 3 aliphatic rings. The van der Waals surface area contributed by atoms with Crippen LogP contribution >= 0.6 is 0 Å². The third kappa shape index (κ3) is 0.885. The molecule has 2 saturated carbocycles. The Labute approximate surface area is 91.9 Å². The number of rotatable bonds is 0. The summed E-state index contributed by atoms with van der Waals surface area (Å²) in [6.45, 7) is 7.12. The molecule has 15 heavy (non-hydrogen) atoms. The monoisotopic (exact) mass is 204 g/mol. The maximum atomic E-state index is 11.8. The van der Waals surface area contributed by atoms with Gasteiger partial charge in [-0.15, -0.1) is 0 Å². The Balaban J connectivity index is 2.14. The van der Waals surface area contributed by atoms with E-state index in [-0.39, 0.29) is 0 Å². The second-order valence-electron chi connectivity index (χ2n) is 6.62. The average molecular weight is 204 g/mol.